The number of halogens is 3. The maximum absolute atomic E-state index is 12.7. The minimum Gasteiger partial charge on any atom is -0.487 e. The lowest BCUT2D eigenvalue weighted by atomic mass is 9.94. The molecule has 0 saturated heterocycles. The quantitative estimate of drug-likeness (QED) is 0.793. The van der Waals surface area contributed by atoms with Crippen molar-refractivity contribution in [1.29, 1.82) is 0 Å². The SMILES string of the molecule is CC(=O)O[C@@H]1CCCC[C@H]1Oc1cccc(C(F)(F)F)c1. The fraction of sp³-hybridized carbons (Fsp3) is 0.533. The van der Waals surface area contributed by atoms with Gasteiger partial charge < -0.3 is 9.47 Å². The van der Waals surface area contributed by atoms with Crippen LogP contribution in [-0.4, -0.2) is 18.2 Å². The van der Waals surface area contributed by atoms with Crippen LogP contribution in [0.2, 0.25) is 0 Å². The topological polar surface area (TPSA) is 35.5 Å². The second-order valence-electron chi connectivity index (χ2n) is 5.11. The summed E-state index contributed by atoms with van der Waals surface area (Å²) in [6, 6.07) is 4.76. The molecule has 1 aromatic carbocycles. The van der Waals surface area contributed by atoms with Crippen LogP contribution in [0.3, 0.4) is 0 Å². The number of rotatable bonds is 3. The van der Waals surface area contributed by atoms with Gasteiger partial charge in [-0.3, -0.25) is 4.79 Å². The van der Waals surface area contributed by atoms with Gasteiger partial charge in [-0.1, -0.05) is 6.07 Å². The van der Waals surface area contributed by atoms with Crippen LogP contribution in [0.1, 0.15) is 38.2 Å². The van der Waals surface area contributed by atoms with E-state index in [1.165, 1.54) is 19.1 Å². The van der Waals surface area contributed by atoms with E-state index in [1.807, 2.05) is 0 Å². The molecule has 0 amide bonds. The van der Waals surface area contributed by atoms with Crippen molar-refractivity contribution in [1.82, 2.24) is 0 Å². The van der Waals surface area contributed by atoms with Crippen LogP contribution in [0.4, 0.5) is 13.2 Å². The zero-order chi connectivity index (χ0) is 15.5. The maximum Gasteiger partial charge on any atom is 0.416 e. The largest absolute Gasteiger partial charge is 0.487 e. The Balaban J connectivity index is 2.10. The van der Waals surface area contributed by atoms with E-state index in [4.69, 9.17) is 9.47 Å². The molecular formula is C15H17F3O3. The Labute approximate surface area is 121 Å². The summed E-state index contributed by atoms with van der Waals surface area (Å²) in [4.78, 5) is 11.1. The van der Waals surface area contributed by atoms with Gasteiger partial charge in [0.1, 0.15) is 18.0 Å². The molecule has 0 aliphatic heterocycles. The van der Waals surface area contributed by atoms with Crippen molar-refractivity contribution in [3.63, 3.8) is 0 Å². The standard InChI is InChI=1S/C15H17F3O3/c1-10(19)20-13-7-2-3-8-14(13)21-12-6-4-5-11(9-12)15(16,17)18/h4-6,9,13-14H,2-3,7-8H2,1H3/t13-,14-/m1/s1. The molecule has 1 aromatic rings. The lowest BCUT2D eigenvalue weighted by molar-refractivity contribution is -0.153. The first-order chi connectivity index (χ1) is 9.86. The molecule has 1 saturated carbocycles. The molecule has 3 nitrogen and oxygen atoms in total. The lowest BCUT2D eigenvalue weighted by Crippen LogP contribution is -2.38. The summed E-state index contributed by atoms with van der Waals surface area (Å²) in [7, 11) is 0. The summed E-state index contributed by atoms with van der Waals surface area (Å²) in [5.41, 5.74) is -0.750. The summed E-state index contributed by atoms with van der Waals surface area (Å²) in [5.74, 6) is -0.256. The molecule has 1 aliphatic rings. The monoisotopic (exact) mass is 302 g/mol. The van der Waals surface area contributed by atoms with Gasteiger partial charge in [0.25, 0.3) is 0 Å². The Morgan fingerprint density at radius 2 is 1.86 bits per heavy atom. The normalized spacial score (nSPS) is 22.7. The van der Waals surface area contributed by atoms with E-state index in [9.17, 15) is 18.0 Å². The summed E-state index contributed by atoms with van der Waals surface area (Å²) in [6.07, 6.45) is -2.04. The lowest BCUT2D eigenvalue weighted by Gasteiger charge is -2.31. The third-order valence-electron chi connectivity index (χ3n) is 3.41. The van der Waals surface area contributed by atoms with Crippen LogP contribution in [0.5, 0.6) is 5.75 Å². The van der Waals surface area contributed by atoms with Crippen molar-refractivity contribution >= 4 is 5.97 Å². The van der Waals surface area contributed by atoms with Crippen molar-refractivity contribution in [2.45, 2.75) is 51.0 Å². The predicted molar refractivity (Wildman–Crippen MR) is 69.9 cm³/mol. The van der Waals surface area contributed by atoms with E-state index in [0.29, 0.717) is 12.8 Å². The van der Waals surface area contributed by atoms with Crippen LogP contribution < -0.4 is 4.74 Å². The smallest absolute Gasteiger partial charge is 0.416 e. The first kappa shape index (κ1) is 15.7. The highest BCUT2D eigenvalue weighted by Crippen LogP contribution is 2.33. The fourth-order valence-electron chi connectivity index (χ4n) is 2.47. The molecule has 116 valence electrons. The van der Waals surface area contributed by atoms with E-state index < -0.39 is 29.9 Å². The van der Waals surface area contributed by atoms with Gasteiger partial charge in [-0.25, -0.2) is 0 Å². The number of carbonyl (C=O) groups excluding carboxylic acids is 1. The van der Waals surface area contributed by atoms with E-state index in [-0.39, 0.29) is 5.75 Å². The first-order valence-electron chi connectivity index (χ1n) is 6.87. The Kier molecular flexibility index (Phi) is 4.75. The average Bonchev–Trinajstić information content (AvgIpc) is 2.40. The molecule has 2 atom stereocenters. The summed E-state index contributed by atoms with van der Waals surface area (Å²) < 4.78 is 48.8. The van der Waals surface area contributed by atoms with Crippen LogP contribution in [-0.2, 0) is 15.7 Å². The minimum absolute atomic E-state index is 0.147. The van der Waals surface area contributed by atoms with Gasteiger partial charge in [0.05, 0.1) is 5.56 Å². The number of benzene rings is 1. The number of hydrogen-bond acceptors (Lipinski definition) is 3. The third kappa shape index (κ3) is 4.37. The van der Waals surface area contributed by atoms with Gasteiger partial charge in [0.15, 0.2) is 0 Å². The first-order valence-corrected chi connectivity index (χ1v) is 6.87. The van der Waals surface area contributed by atoms with Gasteiger partial charge in [0.2, 0.25) is 0 Å². The molecule has 21 heavy (non-hydrogen) atoms. The van der Waals surface area contributed by atoms with E-state index in [2.05, 4.69) is 0 Å². The van der Waals surface area contributed by atoms with Crippen LogP contribution in [0, 0.1) is 0 Å². The number of hydrogen-bond donors (Lipinski definition) is 0. The van der Waals surface area contributed by atoms with Crippen LogP contribution in [0.25, 0.3) is 0 Å². The molecule has 0 radical (unpaired) electrons. The Morgan fingerprint density at radius 3 is 2.48 bits per heavy atom. The maximum atomic E-state index is 12.7. The van der Waals surface area contributed by atoms with Gasteiger partial charge >= 0.3 is 12.1 Å². The Hall–Kier alpha value is -1.72. The summed E-state index contributed by atoms with van der Waals surface area (Å²) in [6.45, 7) is 1.32. The minimum atomic E-state index is -4.40. The fourth-order valence-corrected chi connectivity index (χ4v) is 2.47. The second kappa shape index (κ2) is 6.37. The van der Waals surface area contributed by atoms with Gasteiger partial charge in [-0.05, 0) is 43.9 Å². The third-order valence-corrected chi connectivity index (χ3v) is 3.41. The molecule has 0 heterocycles. The zero-order valence-corrected chi connectivity index (χ0v) is 11.7. The highest BCUT2D eigenvalue weighted by Gasteiger charge is 2.32. The Morgan fingerprint density at radius 1 is 1.19 bits per heavy atom. The van der Waals surface area contributed by atoms with Crippen molar-refractivity contribution in [2.75, 3.05) is 0 Å². The molecule has 0 spiro atoms. The van der Waals surface area contributed by atoms with E-state index >= 15 is 0 Å². The molecule has 2 rings (SSSR count). The van der Waals surface area contributed by atoms with E-state index in [1.54, 1.807) is 0 Å². The number of carbonyl (C=O) groups is 1. The highest BCUT2D eigenvalue weighted by molar-refractivity contribution is 5.66. The molecular weight excluding hydrogens is 285 g/mol. The van der Waals surface area contributed by atoms with Gasteiger partial charge in [-0.2, -0.15) is 13.2 Å². The number of ether oxygens (including phenoxy) is 2. The molecule has 0 aromatic heterocycles. The predicted octanol–water partition coefficient (Wildman–Crippen LogP) is 3.96. The number of alkyl halides is 3. The van der Waals surface area contributed by atoms with Crippen molar-refractivity contribution < 1.29 is 27.4 Å². The molecule has 1 fully saturated rings. The second-order valence-corrected chi connectivity index (χ2v) is 5.11. The average molecular weight is 302 g/mol. The molecule has 6 heteroatoms. The highest BCUT2D eigenvalue weighted by atomic mass is 19.4. The molecule has 0 bridgehead atoms. The zero-order valence-electron chi connectivity index (χ0n) is 11.7. The van der Waals surface area contributed by atoms with E-state index in [0.717, 1.165) is 25.0 Å². The van der Waals surface area contributed by atoms with Gasteiger partial charge in [0, 0.05) is 6.92 Å². The van der Waals surface area contributed by atoms with Crippen molar-refractivity contribution in [3.8, 4) is 5.75 Å². The Bertz CT molecular complexity index is 499. The van der Waals surface area contributed by atoms with Crippen LogP contribution in [0.15, 0.2) is 24.3 Å². The molecule has 0 unspecified atom stereocenters. The number of esters is 1. The molecule has 0 N–H and O–H groups in total. The van der Waals surface area contributed by atoms with Crippen LogP contribution >= 0.6 is 0 Å². The summed E-state index contributed by atoms with van der Waals surface area (Å²) >= 11 is 0. The molecule has 1 aliphatic carbocycles. The van der Waals surface area contributed by atoms with Crippen molar-refractivity contribution in [2.24, 2.45) is 0 Å². The summed E-state index contributed by atoms with van der Waals surface area (Å²) in [5, 5.41) is 0. The van der Waals surface area contributed by atoms with Gasteiger partial charge in [-0.15, -0.1) is 0 Å². The van der Waals surface area contributed by atoms with Crippen molar-refractivity contribution in [3.05, 3.63) is 29.8 Å².